The Morgan fingerprint density at radius 3 is 2.70 bits per heavy atom. The molecule has 0 aromatic rings. The van der Waals surface area contributed by atoms with Crippen LogP contribution in [0.1, 0.15) is 0 Å². The third-order valence-corrected chi connectivity index (χ3v) is 0.613. The van der Waals surface area contributed by atoms with Gasteiger partial charge < -0.3 is 9.47 Å². The molecule has 0 spiro atoms. The van der Waals surface area contributed by atoms with E-state index in [9.17, 15) is 13.6 Å². The van der Waals surface area contributed by atoms with Gasteiger partial charge in [-0.15, -0.1) is 0 Å². The fourth-order valence-electron chi connectivity index (χ4n) is 0.218. The molecule has 0 atom stereocenters. The second kappa shape index (κ2) is 4.72. The highest BCUT2D eigenvalue weighted by molar-refractivity contribution is 5.59. The Hall–Kier alpha value is -1.13. The zero-order chi connectivity index (χ0) is 7.98. The number of halogens is 2. The quantitative estimate of drug-likeness (QED) is 0.563. The molecule has 0 aliphatic rings. The zero-order valence-electron chi connectivity index (χ0n) is 5.27. The largest absolute Gasteiger partial charge is 0.508 e. The summed E-state index contributed by atoms with van der Waals surface area (Å²) in [5, 5.41) is 0. The fourth-order valence-corrected chi connectivity index (χ4v) is 0.218. The van der Waals surface area contributed by atoms with Crippen molar-refractivity contribution in [3.8, 4) is 0 Å². The van der Waals surface area contributed by atoms with E-state index < -0.39 is 18.6 Å². The molecule has 0 rings (SSSR count). The average Bonchev–Trinajstić information content (AvgIpc) is 1.99. The molecule has 0 fully saturated rings. The number of carbonyl (C=O) groups excluding carboxylic acids is 1. The van der Waals surface area contributed by atoms with Crippen LogP contribution in [0, 0.1) is 0 Å². The lowest BCUT2D eigenvalue weighted by Gasteiger charge is -1.98. The van der Waals surface area contributed by atoms with Crippen molar-refractivity contribution >= 4 is 6.16 Å². The maximum Gasteiger partial charge on any atom is 0.508 e. The van der Waals surface area contributed by atoms with E-state index in [4.69, 9.17) is 0 Å². The third kappa shape index (κ3) is 3.82. The molecular weight excluding hydrogens is 146 g/mol. The molecule has 3 nitrogen and oxygen atoms in total. The summed E-state index contributed by atoms with van der Waals surface area (Å²) in [5.41, 5.74) is 0. The van der Waals surface area contributed by atoms with Gasteiger partial charge in [-0.1, -0.05) is 0 Å². The summed E-state index contributed by atoms with van der Waals surface area (Å²) in [7, 11) is 1.07. The molecule has 0 heterocycles. The van der Waals surface area contributed by atoms with Crippen LogP contribution in [0.15, 0.2) is 12.2 Å². The normalized spacial score (nSPS) is 10.9. The summed E-state index contributed by atoms with van der Waals surface area (Å²) in [6.45, 7) is -0.733. The number of ether oxygens (including phenoxy) is 2. The third-order valence-electron chi connectivity index (χ3n) is 0.613. The van der Waals surface area contributed by atoms with Crippen molar-refractivity contribution in [2.45, 2.75) is 0 Å². The number of hydrogen-bond acceptors (Lipinski definition) is 3. The number of hydrogen-bond donors (Lipinski definition) is 0. The fraction of sp³-hybridized carbons (Fsp3) is 0.400. The van der Waals surface area contributed by atoms with Crippen LogP contribution in [0.5, 0.6) is 0 Å². The van der Waals surface area contributed by atoms with Gasteiger partial charge in [0.05, 0.1) is 7.11 Å². The van der Waals surface area contributed by atoms with E-state index in [0.29, 0.717) is 0 Å². The van der Waals surface area contributed by atoms with Crippen molar-refractivity contribution in [1.29, 1.82) is 0 Å². The molecule has 0 aromatic heterocycles. The Bertz CT molecular complexity index is 144. The van der Waals surface area contributed by atoms with Gasteiger partial charge in [0, 0.05) is 0 Å². The molecule has 0 saturated carbocycles. The first-order valence-corrected chi connectivity index (χ1v) is 2.36. The minimum atomic E-state index is -1.16. The summed E-state index contributed by atoms with van der Waals surface area (Å²) in [6, 6.07) is 0. The van der Waals surface area contributed by atoms with Crippen LogP contribution in [-0.2, 0) is 9.47 Å². The molecule has 5 heteroatoms. The monoisotopic (exact) mass is 152 g/mol. The molecule has 0 aliphatic carbocycles. The molecule has 0 N–H and O–H groups in total. The Labute approximate surface area is 56.2 Å². The zero-order valence-corrected chi connectivity index (χ0v) is 5.27. The van der Waals surface area contributed by atoms with Crippen molar-refractivity contribution in [3.63, 3.8) is 0 Å². The van der Waals surface area contributed by atoms with Gasteiger partial charge in [0.25, 0.3) is 0 Å². The minimum Gasteiger partial charge on any atom is -0.438 e. The molecular formula is C5H6F2O3. The van der Waals surface area contributed by atoms with Gasteiger partial charge in [-0.05, 0) is 0 Å². The molecule has 0 aliphatic heterocycles. The van der Waals surface area contributed by atoms with Crippen LogP contribution in [0.3, 0.4) is 0 Å². The van der Waals surface area contributed by atoms with Gasteiger partial charge in [-0.25, -0.2) is 13.6 Å². The Kier molecular flexibility index (Phi) is 4.19. The van der Waals surface area contributed by atoms with E-state index in [1.165, 1.54) is 0 Å². The topological polar surface area (TPSA) is 35.5 Å². The highest BCUT2D eigenvalue weighted by Gasteiger charge is 2.01. The molecule has 10 heavy (non-hydrogen) atoms. The molecule has 58 valence electrons. The first-order chi connectivity index (χ1) is 4.70. The van der Waals surface area contributed by atoms with Gasteiger partial charge in [0.2, 0.25) is 0 Å². The van der Waals surface area contributed by atoms with Crippen molar-refractivity contribution in [1.82, 2.24) is 0 Å². The maximum atomic E-state index is 11.8. The SMILES string of the molecule is COC(=O)OCC(F)=CF. The van der Waals surface area contributed by atoms with Crippen LogP contribution in [0.2, 0.25) is 0 Å². The Balaban J connectivity index is 3.45. The van der Waals surface area contributed by atoms with Crippen molar-refractivity contribution in [3.05, 3.63) is 12.2 Å². The second-order valence-electron chi connectivity index (χ2n) is 1.30. The van der Waals surface area contributed by atoms with Crippen molar-refractivity contribution in [2.75, 3.05) is 13.7 Å². The lowest BCUT2D eigenvalue weighted by atomic mass is 10.6. The van der Waals surface area contributed by atoms with Crippen LogP contribution in [0.25, 0.3) is 0 Å². The lowest BCUT2D eigenvalue weighted by Crippen LogP contribution is -2.05. The van der Waals surface area contributed by atoms with Crippen LogP contribution in [0.4, 0.5) is 13.6 Å². The maximum absolute atomic E-state index is 11.8. The first kappa shape index (κ1) is 8.87. The van der Waals surface area contributed by atoms with Gasteiger partial charge in [0.15, 0.2) is 5.83 Å². The molecule has 0 aromatic carbocycles. The van der Waals surface area contributed by atoms with Gasteiger partial charge >= 0.3 is 6.16 Å². The van der Waals surface area contributed by atoms with Gasteiger partial charge in [-0.2, -0.15) is 0 Å². The van der Waals surface area contributed by atoms with Crippen LogP contribution in [-0.4, -0.2) is 19.9 Å². The van der Waals surface area contributed by atoms with E-state index >= 15 is 0 Å². The van der Waals surface area contributed by atoms with E-state index in [-0.39, 0.29) is 6.33 Å². The predicted octanol–water partition coefficient (Wildman–Crippen LogP) is 1.55. The number of methoxy groups -OCH3 is 1. The van der Waals surface area contributed by atoms with E-state index in [1.807, 2.05) is 0 Å². The summed E-state index contributed by atoms with van der Waals surface area (Å²) < 4.78 is 30.9. The van der Waals surface area contributed by atoms with Crippen molar-refractivity contribution in [2.24, 2.45) is 0 Å². The van der Waals surface area contributed by atoms with E-state index in [1.54, 1.807) is 0 Å². The highest BCUT2D eigenvalue weighted by Crippen LogP contribution is 1.97. The predicted molar refractivity (Wildman–Crippen MR) is 28.7 cm³/mol. The summed E-state index contributed by atoms with van der Waals surface area (Å²) in [4.78, 5) is 10.1. The van der Waals surface area contributed by atoms with Crippen molar-refractivity contribution < 1.29 is 23.0 Å². The summed E-state index contributed by atoms with van der Waals surface area (Å²) in [5.74, 6) is -1.16. The first-order valence-electron chi connectivity index (χ1n) is 2.36. The molecule has 0 amide bonds. The van der Waals surface area contributed by atoms with E-state index in [2.05, 4.69) is 9.47 Å². The van der Waals surface area contributed by atoms with Gasteiger partial charge in [-0.3, -0.25) is 0 Å². The molecule has 0 bridgehead atoms. The Morgan fingerprint density at radius 1 is 1.70 bits per heavy atom. The van der Waals surface area contributed by atoms with Gasteiger partial charge in [0.1, 0.15) is 12.9 Å². The van der Waals surface area contributed by atoms with E-state index in [0.717, 1.165) is 7.11 Å². The standard InChI is InChI=1S/C5H6F2O3/c1-9-5(8)10-3-4(7)2-6/h2H,3H2,1H3. The number of rotatable bonds is 2. The summed E-state index contributed by atoms with van der Waals surface area (Å²) >= 11 is 0. The molecule has 0 unspecified atom stereocenters. The highest BCUT2D eigenvalue weighted by atomic mass is 19.2. The molecule has 0 saturated heterocycles. The smallest absolute Gasteiger partial charge is 0.438 e. The lowest BCUT2D eigenvalue weighted by molar-refractivity contribution is 0.0755. The number of carbonyl (C=O) groups is 1. The van der Waals surface area contributed by atoms with Crippen LogP contribution >= 0.6 is 0 Å². The second-order valence-corrected chi connectivity index (χ2v) is 1.30. The Morgan fingerprint density at radius 2 is 2.30 bits per heavy atom. The average molecular weight is 152 g/mol. The minimum absolute atomic E-state index is 0.289. The van der Waals surface area contributed by atoms with Crippen LogP contribution < -0.4 is 0 Å². The molecule has 0 radical (unpaired) electrons. The summed E-state index contributed by atoms with van der Waals surface area (Å²) in [6.07, 6.45) is -1.33.